The Morgan fingerprint density at radius 2 is 1.89 bits per heavy atom. The third kappa shape index (κ3) is 3.30. The van der Waals surface area contributed by atoms with E-state index in [2.05, 4.69) is 29.6 Å². The van der Waals surface area contributed by atoms with Crippen LogP contribution in [0.1, 0.15) is 50.5 Å². The Labute approximate surface area is 116 Å². The largest absolute Gasteiger partial charge is 0.494 e. The predicted molar refractivity (Wildman–Crippen MR) is 78.7 cm³/mol. The number of ether oxygens (including phenoxy) is 1. The van der Waals surface area contributed by atoms with Crippen LogP contribution >= 0.6 is 0 Å². The first-order chi connectivity index (χ1) is 9.36. The second kappa shape index (κ2) is 5.96. The van der Waals surface area contributed by atoms with Gasteiger partial charge >= 0.3 is 0 Å². The van der Waals surface area contributed by atoms with Crippen LogP contribution in [-0.2, 0) is 0 Å². The van der Waals surface area contributed by atoms with Gasteiger partial charge in [-0.15, -0.1) is 0 Å². The van der Waals surface area contributed by atoms with Crippen molar-refractivity contribution in [2.24, 2.45) is 5.92 Å². The van der Waals surface area contributed by atoms with Gasteiger partial charge in [0.1, 0.15) is 5.75 Å². The summed E-state index contributed by atoms with van der Waals surface area (Å²) >= 11 is 0. The van der Waals surface area contributed by atoms with Crippen molar-refractivity contribution in [1.82, 2.24) is 5.32 Å². The van der Waals surface area contributed by atoms with Gasteiger partial charge in [0.05, 0.1) is 6.61 Å². The van der Waals surface area contributed by atoms with Gasteiger partial charge in [-0.25, -0.2) is 0 Å². The fourth-order valence-corrected chi connectivity index (χ4v) is 3.30. The molecule has 0 heterocycles. The molecule has 0 saturated heterocycles. The first-order valence-electron chi connectivity index (χ1n) is 7.83. The van der Waals surface area contributed by atoms with Crippen LogP contribution in [-0.4, -0.2) is 19.2 Å². The van der Waals surface area contributed by atoms with Crippen LogP contribution < -0.4 is 10.1 Å². The standard InChI is InChI=1S/C17H25NO/c1-2-19-16-10-6-13(7-11-16)17-5-3-4-14(17)12-18-15-8-9-15/h6-7,10-11,14-15,17-18H,2-5,8-9,12H2,1H3. The monoisotopic (exact) mass is 259 g/mol. The number of rotatable bonds is 6. The normalized spacial score (nSPS) is 26.6. The van der Waals surface area contributed by atoms with Crippen LogP contribution in [0.15, 0.2) is 24.3 Å². The molecule has 0 aromatic heterocycles. The zero-order valence-electron chi connectivity index (χ0n) is 11.9. The van der Waals surface area contributed by atoms with Gasteiger partial charge in [-0.3, -0.25) is 0 Å². The molecule has 0 spiro atoms. The third-order valence-corrected chi connectivity index (χ3v) is 4.52. The number of benzene rings is 1. The molecular formula is C17H25NO. The Morgan fingerprint density at radius 1 is 1.11 bits per heavy atom. The average Bonchev–Trinajstić information content (AvgIpc) is 3.15. The lowest BCUT2D eigenvalue weighted by molar-refractivity contribution is 0.340. The van der Waals surface area contributed by atoms with Crippen LogP contribution in [0, 0.1) is 5.92 Å². The lowest BCUT2D eigenvalue weighted by Gasteiger charge is -2.21. The summed E-state index contributed by atoms with van der Waals surface area (Å²) in [5.41, 5.74) is 1.50. The van der Waals surface area contributed by atoms with Crippen LogP contribution in [0.3, 0.4) is 0 Å². The van der Waals surface area contributed by atoms with Gasteiger partial charge in [-0.1, -0.05) is 18.6 Å². The molecule has 19 heavy (non-hydrogen) atoms. The second-order valence-electron chi connectivity index (χ2n) is 5.98. The fourth-order valence-electron chi connectivity index (χ4n) is 3.30. The van der Waals surface area contributed by atoms with Crippen LogP contribution in [0.25, 0.3) is 0 Å². The zero-order valence-corrected chi connectivity index (χ0v) is 11.9. The molecule has 2 heteroatoms. The molecule has 2 atom stereocenters. The third-order valence-electron chi connectivity index (χ3n) is 4.52. The van der Waals surface area contributed by atoms with Crippen LogP contribution in [0.4, 0.5) is 0 Å². The highest BCUT2D eigenvalue weighted by molar-refractivity contribution is 5.30. The molecule has 0 bridgehead atoms. The minimum absolute atomic E-state index is 0.747. The molecular weight excluding hydrogens is 234 g/mol. The van der Waals surface area contributed by atoms with Crippen molar-refractivity contribution >= 4 is 0 Å². The summed E-state index contributed by atoms with van der Waals surface area (Å²) < 4.78 is 5.53. The van der Waals surface area contributed by atoms with E-state index < -0.39 is 0 Å². The Bertz CT molecular complexity index is 396. The molecule has 1 N–H and O–H groups in total. The van der Waals surface area contributed by atoms with Crippen molar-refractivity contribution in [3.05, 3.63) is 29.8 Å². The Kier molecular flexibility index (Phi) is 4.07. The molecule has 2 unspecified atom stereocenters. The van der Waals surface area contributed by atoms with Crippen LogP contribution in [0.2, 0.25) is 0 Å². The summed E-state index contributed by atoms with van der Waals surface area (Å²) in [7, 11) is 0. The number of hydrogen-bond donors (Lipinski definition) is 1. The van der Waals surface area contributed by atoms with Gasteiger partial charge in [0.2, 0.25) is 0 Å². The lowest BCUT2D eigenvalue weighted by atomic mass is 9.89. The van der Waals surface area contributed by atoms with E-state index in [0.29, 0.717) is 0 Å². The van der Waals surface area contributed by atoms with E-state index in [-0.39, 0.29) is 0 Å². The molecule has 2 nitrogen and oxygen atoms in total. The second-order valence-corrected chi connectivity index (χ2v) is 5.98. The van der Waals surface area contributed by atoms with Gasteiger partial charge in [0, 0.05) is 6.04 Å². The van der Waals surface area contributed by atoms with Gasteiger partial charge in [0.15, 0.2) is 0 Å². The average molecular weight is 259 g/mol. The summed E-state index contributed by atoms with van der Waals surface area (Å²) in [4.78, 5) is 0. The van der Waals surface area contributed by atoms with E-state index in [9.17, 15) is 0 Å². The number of hydrogen-bond acceptors (Lipinski definition) is 2. The molecule has 2 aliphatic carbocycles. The lowest BCUT2D eigenvalue weighted by Crippen LogP contribution is -2.26. The molecule has 3 rings (SSSR count). The Hall–Kier alpha value is -1.02. The quantitative estimate of drug-likeness (QED) is 0.840. The summed E-state index contributed by atoms with van der Waals surface area (Å²) in [6.07, 6.45) is 6.90. The molecule has 2 saturated carbocycles. The number of nitrogens with one attached hydrogen (secondary N) is 1. The SMILES string of the molecule is CCOc1ccc(C2CCCC2CNC2CC2)cc1. The molecule has 1 aromatic carbocycles. The Balaban J connectivity index is 1.61. The summed E-state index contributed by atoms with van der Waals surface area (Å²) in [5, 5.41) is 3.71. The molecule has 0 aliphatic heterocycles. The highest BCUT2D eigenvalue weighted by Gasteiger charge is 2.30. The van der Waals surface area contributed by atoms with E-state index in [1.54, 1.807) is 0 Å². The molecule has 2 fully saturated rings. The van der Waals surface area contributed by atoms with Gasteiger partial charge in [-0.05, 0) is 68.7 Å². The summed E-state index contributed by atoms with van der Waals surface area (Å²) in [6.45, 7) is 3.99. The van der Waals surface area contributed by atoms with E-state index in [4.69, 9.17) is 4.74 Å². The first kappa shape index (κ1) is 13.0. The van der Waals surface area contributed by atoms with E-state index in [1.165, 1.54) is 44.2 Å². The van der Waals surface area contributed by atoms with Crippen molar-refractivity contribution in [1.29, 1.82) is 0 Å². The molecule has 104 valence electrons. The summed E-state index contributed by atoms with van der Waals surface area (Å²) in [6, 6.07) is 9.63. The van der Waals surface area contributed by atoms with E-state index >= 15 is 0 Å². The van der Waals surface area contributed by atoms with E-state index in [1.807, 2.05) is 6.92 Å². The van der Waals surface area contributed by atoms with Crippen molar-refractivity contribution in [2.75, 3.05) is 13.2 Å². The highest BCUT2D eigenvalue weighted by atomic mass is 16.5. The van der Waals surface area contributed by atoms with Crippen molar-refractivity contribution in [2.45, 2.75) is 51.0 Å². The van der Waals surface area contributed by atoms with E-state index in [0.717, 1.165) is 30.2 Å². The molecule has 1 aromatic rings. The smallest absolute Gasteiger partial charge is 0.119 e. The minimum atomic E-state index is 0.747. The van der Waals surface area contributed by atoms with Gasteiger partial charge < -0.3 is 10.1 Å². The van der Waals surface area contributed by atoms with Gasteiger partial charge in [-0.2, -0.15) is 0 Å². The molecule has 0 radical (unpaired) electrons. The fraction of sp³-hybridized carbons (Fsp3) is 0.647. The topological polar surface area (TPSA) is 21.3 Å². The zero-order chi connectivity index (χ0) is 13.1. The molecule has 2 aliphatic rings. The van der Waals surface area contributed by atoms with Crippen molar-refractivity contribution in [3.63, 3.8) is 0 Å². The van der Waals surface area contributed by atoms with Crippen LogP contribution in [0.5, 0.6) is 5.75 Å². The summed E-state index contributed by atoms with van der Waals surface area (Å²) in [5.74, 6) is 2.58. The van der Waals surface area contributed by atoms with Crippen molar-refractivity contribution < 1.29 is 4.74 Å². The minimum Gasteiger partial charge on any atom is -0.494 e. The predicted octanol–water partition coefficient (Wildman–Crippen LogP) is 3.72. The van der Waals surface area contributed by atoms with Crippen molar-refractivity contribution in [3.8, 4) is 5.75 Å². The van der Waals surface area contributed by atoms with Gasteiger partial charge in [0.25, 0.3) is 0 Å². The highest BCUT2D eigenvalue weighted by Crippen LogP contribution is 2.40. The maximum Gasteiger partial charge on any atom is 0.119 e. The molecule has 0 amide bonds. The maximum absolute atomic E-state index is 5.53. The first-order valence-corrected chi connectivity index (χ1v) is 7.83. The Morgan fingerprint density at radius 3 is 2.58 bits per heavy atom. The maximum atomic E-state index is 5.53.